The Labute approximate surface area is 217 Å². The topological polar surface area (TPSA) is 131 Å². The van der Waals surface area contributed by atoms with Crippen molar-refractivity contribution in [2.24, 2.45) is 5.73 Å². The van der Waals surface area contributed by atoms with E-state index in [1.54, 1.807) is 21.9 Å². The van der Waals surface area contributed by atoms with Gasteiger partial charge in [0.1, 0.15) is 23.2 Å². The van der Waals surface area contributed by atoms with Crippen LogP contribution in [0.2, 0.25) is 0 Å². The van der Waals surface area contributed by atoms with Crippen molar-refractivity contribution in [3.8, 4) is 0 Å². The van der Waals surface area contributed by atoms with Crippen LogP contribution in [0.15, 0.2) is 24.8 Å². The maximum atomic E-state index is 15.4. The molecule has 3 aliphatic rings. The SMILES string of the molecule is Nc1ncnc2c1ncn2Cc1c(N2CC[C@](N)(C(=O)NC3CC3)C2)ccc(F)c1CN1CCC(F)(F)C1. The van der Waals surface area contributed by atoms with Gasteiger partial charge >= 0.3 is 0 Å². The molecule has 4 heterocycles. The molecule has 0 bridgehead atoms. The smallest absolute Gasteiger partial charge is 0.261 e. The second-order valence-electron chi connectivity index (χ2n) is 10.7. The lowest BCUT2D eigenvalue weighted by Crippen LogP contribution is -2.56. The first kappa shape index (κ1) is 24.9. The van der Waals surface area contributed by atoms with Crippen LogP contribution in [0, 0.1) is 5.82 Å². The summed E-state index contributed by atoms with van der Waals surface area (Å²) in [5.41, 5.74) is 13.9. The monoisotopic (exact) mass is 529 g/mol. The Balaban J connectivity index is 1.37. The highest BCUT2D eigenvalue weighted by atomic mass is 19.3. The quantitative estimate of drug-likeness (QED) is 0.421. The molecule has 1 atom stereocenters. The third kappa shape index (κ3) is 4.64. The van der Waals surface area contributed by atoms with Crippen molar-refractivity contribution in [3.05, 3.63) is 41.7 Å². The highest BCUT2D eigenvalue weighted by Gasteiger charge is 2.44. The van der Waals surface area contributed by atoms with E-state index in [1.807, 2.05) is 4.90 Å². The summed E-state index contributed by atoms with van der Waals surface area (Å²) in [7, 11) is 0. The molecule has 1 aliphatic carbocycles. The van der Waals surface area contributed by atoms with E-state index in [2.05, 4.69) is 20.3 Å². The Morgan fingerprint density at radius 1 is 1.08 bits per heavy atom. The molecule has 202 valence electrons. The van der Waals surface area contributed by atoms with Crippen LogP contribution in [0.5, 0.6) is 0 Å². The first-order chi connectivity index (χ1) is 18.1. The number of carbonyl (C=O) groups is 1. The lowest BCUT2D eigenvalue weighted by molar-refractivity contribution is -0.125. The van der Waals surface area contributed by atoms with Gasteiger partial charge in [0.2, 0.25) is 5.91 Å². The van der Waals surface area contributed by atoms with E-state index in [9.17, 15) is 13.6 Å². The average Bonchev–Trinajstić information content (AvgIpc) is 3.27. The van der Waals surface area contributed by atoms with Crippen molar-refractivity contribution in [2.75, 3.05) is 36.8 Å². The summed E-state index contributed by atoms with van der Waals surface area (Å²) in [6, 6.07) is 3.21. The van der Waals surface area contributed by atoms with Gasteiger partial charge in [-0.15, -0.1) is 0 Å². The number of carbonyl (C=O) groups excluding carboxylic acids is 1. The predicted octanol–water partition coefficient (Wildman–Crippen LogP) is 1.62. The fourth-order valence-electron chi connectivity index (χ4n) is 5.43. The average molecular weight is 530 g/mol. The number of likely N-dealkylation sites (tertiary alicyclic amines) is 1. The highest BCUT2D eigenvalue weighted by Crippen LogP contribution is 2.35. The molecule has 1 aromatic carbocycles. The van der Waals surface area contributed by atoms with Crippen LogP contribution in [0.4, 0.5) is 24.7 Å². The molecule has 2 aliphatic heterocycles. The van der Waals surface area contributed by atoms with Gasteiger partial charge in [0.05, 0.1) is 19.4 Å². The Bertz CT molecular complexity index is 1390. The van der Waals surface area contributed by atoms with E-state index in [0.717, 1.165) is 12.8 Å². The maximum absolute atomic E-state index is 15.4. The largest absolute Gasteiger partial charge is 0.382 e. The van der Waals surface area contributed by atoms with Gasteiger partial charge in [-0.2, -0.15) is 0 Å². The molecule has 2 aromatic heterocycles. The zero-order valence-corrected chi connectivity index (χ0v) is 20.8. The summed E-state index contributed by atoms with van der Waals surface area (Å²) in [5, 5.41) is 2.99. The standard InChI is InChI=1S/C25H30F3N9O/c26-18-3-4-19(36-8-5-24(30,11-36)23(38)34-15-1-2-15)17(16(18)9-35-7-6-25(27,28)12-35)10-37-14-33-20-21(29)31-13-32-22(20)37/h3-4,13-15H,1-2,5-12,30H2,(H,34,38)(H2,29,31,32)/t24-/m1/s1. The fraction of sp³-hybridized carbons (Fsp3) is 0.520. The lowest BCUT2D eigenvalue weighted by atomic mass is 9.98. The van der Waals surface area contributed by atoms with Gasteiger partial charge in [0, 0.05) is 55.5 Å². The summed E-state index contributed by atoms with van der Waals surface area (Å²) in [4.78, 5) is 29.0. The zero-order chi connectivity index (χ0) is 26.7. The van der Waals surface area contributed by atoms with Gasteiger partial charge in [0.25, 0.3) is 5.92 Å². The molecule has 10 nitrogen and oxygen atoms in total. The third-order valence-electron chi connectivity index (χ3n) is 7.74. The van der Waals surface area contributed by atoms with Gasteiger partial charge in [-0.3, -0.25) is 9.69 Å². The Morgan fingerprint density at radius 3 is 2.63 bits per heavy atom. The first-order valence-corrected chi connectivity index (χ1v) is 12.8. The summed E-state index contributed by atoms with van der Waals surface area (Å²) in [5.74, 6) is -3.24. The van der Waals surface area contributed by atoms with Crippen LogP contribution >= 0.6 is 0 Å². The number of aromatic nitrogens is 4. The van der Waals surface area contributed by atoms with E-state index in [0.29, 0.717) is 40.9 Å². The molecule has 5 N–H and O–H groups in total. The van der Waals surface area contributed by atoms with Crippen molar-refractivity contribution < 1.29 is 18.0 Å². The number of rotatable bonds is 7. The normalized spacial score (nSPS) is 23.4. The van der Waals surface area contributed by atoms with Crippen LogP contribution in [0.1, 0.15) is 36.8 Å². The van der Waals surface area contributed by atoms with Crippen molar-refractivity contribution >= 4 is 28.6 Å². The third-order valence-corrected chi connectivity index (χ3v) is 7.74. The number of benzene rings is 1. The van der Waals surface area contributed by atoms with Gasteiger partial charge in [-0.05, 0) is 31.4 Å². The number of nitrogens with zero attached hydrogens (tertiary/aromatic N) is 6. The van der Waals surface area contributed by atoms with Crippen molar-refractivity contribution in [1.29, 1.82) is 0 Å². The number of fused-ring (bicyclic) bond motifs is 1. The number of alkyl halides is 2. The zero-order valence-electron chi connectivity index (χ0n) is 20.8. The number of hydrogen-bond acceptors (Lipinski definition) is 8. The van der Waals surface area contributed by atoms with Gasteiger partial charge < -0.3 is 26.3 Å². The number of anilines is 2. The van der Waals surface area contributed by atoms with Gasteiger partial charge in [-0.25, -0.2) is 28.1 Å². The fourth-order valence-corrected chi connectivity index (χ4v) is 5.43. The highest BCUT2D eigenvalue weighted by molar-refractivity contribution is 5.88. The minimum absolute atomic E-state index is 0.0259. The summed E-state index contributed by atoms with van der Waals surface area (Å²) in [6.07, 6.45) is 4.98. The Kier molecular flexibility index (Phi) is 5.94. The molecule has 1 amide bonds. The van der Waals surface area contributed by atoms with Gasteiger partial charge in [-0.1, -0.05) is 0 Å². The van der Waals surface area contributed by atoms with Crippen LogP contribution in [-0.2, 0) is 17.9 Å². The molecule has 0 spiro atoms. The van der Waals surface area contributed by atoms with E-state index in [4.69, 9.17) is 11.5 Å². The van der Waals surface area contributed by atoms with E-state index in [-0.39, 0.29) is 50.4 Å². The molecule has 3 aromatic rings. The van der Waals surface area contributed by atoms with E-state index < -0.39 is 23.8 Å². The molecule has 13 heteroatoms. The number of halogens is 3. The lowest BCUT2D eigenvalue weighted by Gasteiger charge is -2.28. The number of nitrogens with one attached hydrogen (secondary N) is 1. The van der Waals surface area contributed by atoms with Crippen molar-refractivity contribution in [3.63, 3.8) is 0 Å². The molecular formula is C25H30F3N9O. The van der Waals surface area contributed by atoms with E-state index >= 15 is 4.39 Å². The minimum Gasteiger partial charge on any atom is -0.382 e. The summed E-state index contributed by atoms with van der Waals surface area (Å²) < 4.78 is 45.1. The summed E-state index contributed by atoms with van der Waals surface area (Å²) in [6.45, 7) is 0.690. The molecule has 0 unspecified atom stereocenters. The molecule has 6 rings (SSSR count). The molecule has 1 saturated carbocycles. The van der Waals surface area contributed by atoms with E-state index in [1.165, 1.54) is 12.4 Å². The maximum Gasteiger partial charge on any atom is 0.261 e. The number of nitrogens with two attached hydrogens (primary N) is 2. The Morgan fingerprint density at radius 2 is 1.89 bits per heavy atom. The molecule has 38 heavy (non-hydrogen) atoms. The van der Waals surface area contributed by atoms with Crippen molar-refractivity contribution in [2.45, 2.75) is 56.3 Å². The minimum atomic E-state index is -2.80. The molecule has 3 fully saturated rings. The molecular weight excluding hydrogens is 499 g/mol. The first-order valence-electron chi connectivity index (χ1n) is 12.8. The number of imidazole rings is 1. The number of nitrogen functional groups attached to an aromatic ring is 1. The number of hydrogen-bond donors (Lipinski definition) is 3. The van der Waals surface area contributed by atoms with Crippen LogP contribution in [-0.4, -0.2) is 74.0 Å². The number of amides is 1. The van der Waals surface area contributed by atoms with Gasteiger partial charge in [0.15, 0.2) is 11.5 Å². The predicted molar refractivity (Wildman–Crippen MR) is 135 cm³/mol. The second-order valence-corrected chi connectivity index (χ2v) is 10.7. The molecule has 0 radical (unpaired) electrons. The summed E-state index contributed by atoms with van der Waals surface area (Å²) >= 11 is 0. The van der Waals surface area contributed by atoms with Crippen molar-refractivity contribution in [1.82, 2.24) is 29.7 Å². The second kappa shape index (κ2) is 9.09. The molecule has 2 saturated heterocycles. The van der Waals surface area contributed by atoms with Crippen LogP contribution in [0.25, 0.3) is 11.2 Å². The Hall–Kier alpha value is -3.45. The van der Waals surface area contributed by atoms with Crippen LogP contribution in [0.3, 0.4) is 0 Å². The van der Waals surface area contributed by atoms with Crippen LogP contribution < -0.4 is 21.7 Å².